The average Bonchev–Trinajstić information content (AvgIpc) is 3.17. The number of rotatable bonds is 5. The van der Waals surface area contributed by atoms with Crippen molar-refractivity contribution < 1.29 is 19.0 Å². The Morgan fingerprint density at radius 2 is 2.00 bits per heavy atom. The van der Waals surface area contributed by atoms with E-state index < -0.39 is 6.04 Å². The summed E-state index contributed by atoms with van der Waals surface area (Å²) in [5.41, 5.74) is 1.37. The van der Waals surface area contributed by atoms with Crippen LogP contribution in [0.3, 0.4) is 0 Å². The first-order chi connectivity index (χ1) is 13.7. The quantitative estimate of drug-likeness (QED) is 0.738. The molecule has 3 aromatic rings. The van der Waals surface area contributed by atoms with E-state index in [0.29, 0.717) is 36.0 Å². The van der Waals surface area contributed by atoms with Gasteiger partial charge in [-0.3, -0.25) is 4.79 Å². The number of hydrogen-bond donors (Lipinski definition) is 1. The molecule has 2 aromatic carbocycles. The van der Waals surface area contributed by atoms with Crippen molar-refractivity contribution in [2.75, 3.05) is 20.3 Å². The van der Waals surface area contributed by atoms with Gasteiger partial charge in [0.2, 0.25) is 0 Å². The molecular weight excluding hydrogens is 358 g/mol. The number of carbonyl (C=O) groups is 1. The largest absolute Gasteiger partial charge is 0.497 e. The van der Waals surface area contributed by atoms with E-state index in [0.717, 1.165) is 11.4 Å². The number of aryl methyl sites for hydroxylation is 1. The number of hydrogen-bond acceptors (Lipinski definition) is 5. The minimum atomic E-state index is -0.434. The highest BCUT2D eigenvalue weighted by molar-refractivity contribution is 5.95. The molecule has 144 valence electrons. The Morgan fingerprint density at radius 3 is 2.75 bits per heavy atom. The van der Waals surface area contributed by atoms with E-state index in [-0.39, 0.29) is 5.91 Å². The molecule has 7 heteroatoms. The molecule has 0 saturated carbocycles. The van der Waals surface area contributed by atoms with Crippen molar-refractivity contribution in [3.05, 3.63) is 71.8 Å². The molecule has 1 unspecified atom stereocenters. The van der Waals surface area contributed by atoms with Crippen LogP contribution in [0.25, 0.3) is 0 Å². The van der Waals surface area contributed by atoms with Crippen molar-refractivity contribution in [1.29, 1.82) is 0 Å². The standard InChI is InChI=1S/C21H21N3O4/c1-24-9-8-22-20(24)19(14-4-3-5-16(12-14)26-2)23-21(25)15-6-7-17-18(13-15)28-11-10-27-17/h3-9,12-13,19H,10-11H2,1-2H3,(H,23,25). The van der Waals surface area contributed by atoms with Gasteiger partial charge in [0.05, 0.1) is 7.11 Å². The van der Waals surface area contributed by atoms with Crippen molar-refractivity contribution in [3.63, 3.8) is 0 Å². The second kappa shape index (κ2) is 7.64. The lowest BCUT2D eigenvalue weighted by Crippen LogP contribution is -2.31. The predicted molar refractivity (Wildman–Crippen MR) is 103 cm³/mol. The number of benzene rings is 2. The third kappa shape index (κ3) is 3.51. The molecule has 1 aliphatic heterocycles. The van der Waals surface area contributed by atoms with Crippen LogP contribution in [0.5, 0.6) is 17.2 Å². The molecule has 1 atom stereocenters. The zero-order chi connectivity index (χ0) is 19.5. The number of fused-ring (bicyclic) bond motifs is 1. The molecule has 0 aliphatic carbocycles. The predicted octanol–water partition coefficient (Wildman–Crippen LogP) is 2.72. The molecule has 1 aromatic heterocycles. The molecule has 0 fully saturated rings. The van der Waals surface area contributed by atoms with Gasteiger partial charge in [-0.2, -0.15) is 0 Å². The number of nitrogens with one attached hydrogen (secondary N) is 1. The van der Waals surface area contributed by atoms with Gasteiger partial charge in [0.1, 0.15) is 30.8 Å². The number of methoxy groups -OCH3 is 1. The van der Waals surface area contributed by atoms with Crippen LogP contribution in [0.15, 0.2) is 54.9 Å². The molecule has 0 spiro atoms. The van der Waals surface area contributed by atoms with Crippen molar-refractivity contribution in [2.24, 2.45) is 7.05 Å². The van der Waals surface area contributed by atoms with Crippen LogP contribution in [0.4, 0.5) is 0 Å². The molecular formula is C21H21N3O4. The van der Waals surface area contributed by atoms with Gasteiger partial charge < -0.3 is 24.1 Å². The molecule has 4 rings (SSSR count). The zero-order valence-electron chi connectivity index (χ0n) is 15.7. The summed E-state index contributed by atoms with van der Waals surface area (Å²) < 4.78 is 18.3. The molecule has 1 aliphatic rings. The van der Waals surface area contributed by atoms with E-state index in [2.05, 4.69) is 10.3 Å². The monoisotopic (exact) mass is 379 g/mol. The molecule has 1 amide bonds. The van der Waals surface area contributed by atoms with Gasteiger partial charge in [0, 0.05) is 25.0 Å². The molecule has 28 heavy (non-hydrogen) atoms. The van der Waals surface area contributed by atoms with Crippen LogP contribution in [0, 0.1) is 0 Å². The van der Waals surface area contributed by atoms with Crippen LogP contribution >= 0.6 is 0 Å². The second-order valence-corrected chi connectivity index (χ2v) is 6.44. The fourth-order valence-electron chi connectivity index (χ4n) is 3.17. The van der Waals surface area contributed by atoms with Crippen molar-refractivity contribution in [3.8, 4) is 17.2 Å². The summed E-state index contributed by atoms with van der Waals surface area (Å²) in [6, 6.07) is 12.3. The Morgan fingerprint density at radius 1 is 1.18 bits per heavy atom. The van der Waals surface area contributed by atoms with Gasteiger partial charge in [0.25, 0.3) is 5.91 Å². The van der Waals surface area contributed by atoms with Crippen molar-refractivity contribution in [1.82, 2.24) is 14.9 Å². The third-order valence-electron chi connectivity index (χ3n) is 4.62. The van der Waals surface area contributed by atoms with Gasteiger partial charge in [-0.15, -0.1) is 0 Å². The fourth-order valence-corrected chi connectivity index (χ4v) is 3.17. The highest BCUT2D eigenvalue weighted by atomic mass is 16.6. The molecule has 1 N–H and O–H groups in total. The van der Waals surface area contributed by atoms with Gasteiger partial charge in [0.15, 0.2) is 11.5 Å². The smallest absolute Gasteiger partial charge is 0.252 e. The lowest BCUT2D eigenvalue weighted by Gasteiger charge is -2.21. The Hall–Kier alpha value is -3.48. The van der Waals surface area contributed by atoms with Crippen molar-refractivity contribution in [2.45, 2.75) is 6.04 Å². The maximum Gasteiger partial charge on any atom is 0.252 e. The summed E-state index contributed by atoms with van der Waals surface area (Å²) in [5.74, 6) is 2.43. The van der Waals surface area contributed by atoms with Gasteiger partial charge >= 0.3 is 0 Å². The molecule has 2 heterocycles. The van der Waals surface area contributed by atoms with E-state index in [1.807, 2.05) is 42.1 Å². The second-order valence-electron chi connectivity index (χ2n) is 6.44. The van der Waals surface area contributed by atoms with Gasteiger partial charge in [-0.1, -0.05) is 12.1 Å². The fraction of sp³-hybridized carbons (Fsp3) is 0.238. The first-order valence-corrected chi connectivity index (χ1v) is 8.97. The molecule has 0 bridgehead atoms. The van der Waals surface area contributed by atoms with Crippen LogP contribution < -0.4 is 19.5 Å². The zero-order valence-corrected chi connectivity index (χ0v) is 15.7. The first-order valence-electron chi connectivity index (χ1n) is 8.97. The minimum Gasteiger partial charge on any atom is -0.497 e. The highest BCUT2D eigenvalue weighted by Gasteiger charge is 2.23. The SMILES string of the molecule is COc1cccc(C(NC(=O)c2ccc3c(c2)OCCO3)c2nccn2C)c1. The number of aromatic nitrogens is 2. The van der Waals surface area contributed by atoms with Crippen LogP contribution in [-0.2, 0) is 7.05 Å². The van der Waals surface area contributed by atoms with Crippen LogP contribution in [0.2, 0.25) is 0 Å². The number of nitrogens with zero attached hydrogens (tertiary/aromatic N) is 2. The molecule has 7 nitrogen and oxygen atoms in total. The Labute approximate surface area is 162 Å². The van der Waals surface area contributed by atoms with E-state index in [4.69, 9.17) is 14.2 Å². The van der Waals surface area contributed by atoms with Crippen molar-refractivity contribution >= 4 is 5.91 Å². The Balaban J connectivity index is 1.66. The minimum absolute atomic E-state index is 0.229. The number of ether oxygens (including phenoxy) is 3. The third-order valence-corrected chi connectivity index (χ3v) is 4.62. The summed E-state index contributed by atoms with van der Waals surface area (Å²) >= 11 is 0. The number of amides is 1. The molecule has 0 saturated heterocycles. The number of imidazole rings is 1. The maximum absolute atomic E-state index is 13.0. The van der Waals surface area contributed by atoms with Crippen LogP contribution in [0.1, 0.15) is 27.8 Å². The first kappa shape index (κ1) is 17.9. The summed E-state index contributed by atoms with van der Waals surface area (Å²) in [7, 11) is 3.51. The summed E-state index contributed by atoms with van der Waals surface area (Å²) in [6.07, 6.45) is 3.55. The van der Waals surface area contributed by atoms with Gasteiger partial charge in [-0.25, -0.2) is 4.98 Å². The van der Waals surface area contributed by atoms with E-state index >= 15 is 0 Å². The molecule has 0 radical (unpaired) electrons. The summed E-state index contributed by atoms with van der Waals surface area (Å²) in [6.45, 7) is 0.980. The van der Waals surface area contributed by atoms with E-state index in [1.54, 1.807) is 31.5 Å². The highest BCUT2D eigenvalue weighted by Crippen LogP contribution is 2.31. The maximum atomic E-state index is 13.0. The summed E-state index contributed by atoms with van der Waals surface area (Å²) in [4.78, 5) is 17.4. The number of carbonyl (C=O) groups excluding carboxylic acids is 1. The lowest BCUT2D eigenvalue weighted by atomic mass is 10.0. The van der Waals surface area contributed by atoms with Gasteiger partial charge in [-0.05, 0) is 35.9 Å². The summed E-state index contributed by atoms with van der Waals surface area (Å²) in [5, 5.41) is 3.08. The van der Waals surface area contributed by atoms with E-state index in [1.165, 1.54) is 0 Å². The van der Waals surface area contributed by atoms with E-state index in [9.17, 15) is 4.79 Å². The Bertz CT molecular complexity index is 999. The van der Waals surface area contributed by atoms with Crippen LogP contribution in [-0.4, -0.2) is 35.8 Å². The normalized spacial score (nSPS) is 13.6. The average molecular weight is 379 g/mol. The lowest BCUT2D eigenvalue weighted by molar-refractivity contribution is 0.0940. The Kier molecular flexibility index (Phi) is 4.89. The topological polar surface area (TPSA) is 74.6 Å².